The van der Waals surface area contributed by atoms with Gasteiger partial charge in [-0.15, -0.1) is 0 Å². The molecule has 0 aromatic carbocycles. The topological polar surface area (TPSA) is 29.3 Å². The molecule has 98 valence electrons. The SMILES string of the molecule is CCC1(C)CCN(CC2(CC(N)=S)CC2)CC1. The number of piperidine rings is 1. The third-order valence-electron chi connectivity index (χ3n) is 4.98. The van der Waals surface area contributed by atoms with E-state index in [1.54, 1.807) is 0 Å². The van der Waals surface area contributed by atoms with E-state index in [0.29, 0.717) is 15.8 Å². The van der Waals surface area contributed by atoms with Crippen LogP contribution in [0.5, 0.6) is 0 Å². The van der Waals surface area contributed by atoms with E-state index in [1.165, 1.54) is 51.7 Å². The lowest BCUT2D eigenvalue weighted by Gasteiger charge is -2.40. The third-order valence-corrected chi connectivity index (χ3v) is 5.13. The van der Waals surface area contributed by atoms with Gasteiger partial charge in [0.25, 0.3) is 0 Å². The van der Waals surface area contributed by atoms with Gasteiger partial charge in [0.05, 0.1) is 4.99 Å². The van der Waals surface area contributed by atoms with Gasteiger partial charge < -0.3 is 10.6 Å². The summed E-state index contributed by atoms with van der Waals surface area (Å²) >= 11 is 5.07. The summed E-state index contributed by atoms with van der Waals surface area (Å²) < 4.78 is 0. The first-order valence-corrected chi connectivity index (χ1v) is 7.39. The lowest BCUT2D eigenvalue weighted by atomic mass is 9.78. The second-order valence-electron chi connectivity index (χ2n) is 6.58. The van der Waals surface area contributed by atoms with Crippen molar-refractivity contribution in [3.05, 3.63) is 0 Å². The summed E-state index contributed by atoms with van der Waals surface area (Å²) in [5, 5.41) is 0. The Kier molecular flexibility index (Phi) is 3.79. The average Bonchev–Trinajstić information content (AvgIpc) is 3.01. The first-order valence-electron chi connectivity index (χ1n) is 6.98. The Morgan fingerprint density at radius 2 is 1.82 bits per heavy atom. The molecule has 0 radical (unpaired) electrons. The number of rotatable bonds is 5. The smallest absolute Gasteiger partial charge is 0.0733 e. The highest BCUT2D eigenvalue weighted by Gasteiger charge is 2.44. The van der Waals surface area contributed by atoms with Crippen molar-refractivity contribution in [1.82, 2.24) is 4.90 Å². The molecule has 2 rings (SSSR count). The number of thiocarbonyl (C=S) groups is 1. The van der Waals surface area contributed by atoms with Crippen LogP contribution in [0.2, 0.25) is 0 Å². The van der Waals surface area contributed by atoms with E-state index in [0.717, 1.165) is 6.42 Å². The zero-order valence-corrected chi connectivity index (χ0v) is 12.1. The van der Waals surface area contributed by atoms with E-state index < -0.39 is 0 Å². The minimum absolute atomic E-state index is 0.464. The number of hydrogen-bond donors (Lipinski definition) is 1. The summed E-state index contributed by atoms with van der Waals surface area (Å²) in [6.07, 6.45) is 7.64. The summed E-state index contributed by atoms with van der Waals surface area (Å²) in [5.74, 6) is 0. The van der Waals surface area contributed by atoms with Crippen LogP contribution in [0.4, 0.5) is 0 Å². The van der Waals surface area contributed by atoms with Crippen LogP contribution in [-0.4, -0.2) is 29.5 Å². The molecule has 0 amide bonds. The number of likely N-dealkylation sites (tertiary alicyclic amines) is 1. The molecule has 0 atom stereocenters. The molecule has 1 saturated carbocycles. The van der Waals surface area contributed by atoms with E-state index in [-0.39, 0.29) is 0 Å². The Hall–Kier alpha value is -0.150. The molecule has 1 saturated heterocycles. The normalized spacial score (nSPS) is 26.7. The van der Waals surface area contributed by atoms with Crippen molar-refractivity contribution in [2.75, 3.05) is 19.6 Å². The van der Waals surface area contributed by atoms with Crippen LogP contribution in [0.3, 0.4) is 0 Å². The van der Waals surface area contributed by atoms with Crippen molar-refractivity contribution >= 4 is 17.2 Å². The molecular weight excluding hydrogens is 228 g/mol. The zero-order chi connectivity index (χ0) is 12.5. The highest BCUT2D eigenvalue weighted by atomic mass is 32.1. The molecule has 0 spiro atoms. The number of nitrogens with zero attached hydrogens (tertiary/aromatic N) is 1. The summed E-state index contributed by atoms with van der Waals surface area (Å²) in [6, 6.07) is 0. The molecule has 0 bridgehead atoms. The van der Waals surface area contributed by atoms with Gasteiger partial charge in [-0.05, 0) is 49.6 Å². The van der Waals surface area contributed by atoms with Crippen LogP contribution in [0, 0.1) is 10.8 Å². The first-order chi connectivity index (χ1) is 7.97. The van der Waals surface area contributed by atoms with E-state index in [1.807, 2.05) is 0 Å². The largest absolute Gasteiger partial charge is 0.393 e. The van der Waals surface area contributed by atoms with Crippen molar-refractivity contribution < 1.29 is 0 Å². The lowest BCUT2D eigenvalue weighted by Crippen LogP contribution is -2.41. The van der Waals surface area contributed by atoms with Gasteiger partial charge in [0.15, 0.2) is 0 Å². The van der Waals surface area contributed by atoms with E-state index in [9.17, 15) is 0 Å². The van der Waals surface area contributed by atoms with Crippen molar-refractivity contribution in [2.24, 2.45) is 16.6 Å². The molecule has 1 aliphatic heterocycles. The van der Waals surface area contributed by atoms with Crippen molar-refractivity contribution in [3.8, 4) is 0 Å². The summed E-state index contributed by atoms with van der Waals surface area (Å²) in [6.45, 7) is 8.52. The Balaban J connectivity index is 1.80. The van der Waals surface area contributed by atoms with Crippen molar-refractivity contribution in [2.45, 2.75) is 52.4 Å². The molecule has 3 heteroatoms. The quantitative estimate of drug-likeness (QED) is 0.765. The van der Waals surface area contributed by atoms with E-state index in [2.05, 4.69) is 18.7 Å². The molecule has 1 heterocycles. The average molecular weight is 254 g/mol. The predicted molar refractivity (Wildman–Crippen MR) is 77.1 cm³/mol. The lowest BCUT2D eigenvalue weighted by molar-refractivity contribution is 0.0981. The van der Waals surface area contributed by atoms with Crippen LogP contribution < -0.4 is 5.73 Å². The molecule has 0 aromatic rings. The van der Waals surface area contributed by atoms with Gasteiger partial charge in [0, 0.05) is 13.0 Å². The molecule has 2 aliphatic rings. The molecule has 0 aromatic heterocycles. The van der Waals surface area contributed by atoms with Crippen LogP contribution in [-0.2, 0) is 0 Å². The van der Waals surface area contributed by atoms with Gasteiger partial charge in [-0.25, -0.2) is 0 Å². The maximum Gasteiger partial charge on any atom is 0.0733 e. The summed E-state index contributed by atoms with van der Waals surface area (Å²) in [7, 11) is 0. The van der Waals surface area contributed by atoms with Crippen molar-refractivity contribution in [3.63, 3.8) is 0 Å². The van der Waals surface area contributed by atoms with Gasteiger partial charge in [-0.1, -0.05) is 32.5 Å². The fraction of sp³-hybridized carbons (Fsp3) is 0.929. The molecule has 17 heavy (non-hydrogen) atoms. The molecule has 2 nitrogen and oxygen atoms in total. The molecule has 2 N–H and O–H groups in total. The highest BCUT2D eigenvalue weighted by Crippen LogP contribution is 2.50. The zero-order valence-electron chi connectivity index (χ0n) is 11.3. The Bertz CT molecular complexity index is 289. The van der Waals surface area contributed by atoms with Crippen LogP contribution in [0.1, 0.15) is 52.4 Å². The molecule has 1 aliphatic carbocycles. The molecule has 2 fully saturated rings. The number of nitrogens with two attached hydrogens (primary N) is 1. The maximum absolute atomic E-state index is 5.70. The van der Waals surface area contributed by atoms with Crippen molar-refractivity contribution in [1.29, 1.82) is 0 Å². The fourth-order valence-electron chi connectivity index (χ4n) is 3.02. The third kappa shape index (κ3) is 3.41. The first kappa shape index (κ1) is 13.3. The minimum atomic E-state index is 0.464. The predicted octanol–water partition coefficient (Wildman–Crippen LogP) is 2.95. The van der Waals surface area contributed by atoms with E-state index in [4.69, 9.17) is 18.0 Å². The second-order valence-corrected chi connectivity index (χ2v) is 7.11. The second kappa shape index (κ2) is 4.85. The Morgan fingerprint density at radius 3 is 2.24 bits per heavy atom. The van der Waals surface area contributed by atoms with Gasteiger partial charge in [0.1, 0.15) is 0 Å². The maximum atomic E-state index is 5.70. The Labute approximate surface area is 111 Å². The van der Waals surface area contributed by atoms with Gasteiger partial charge in [0.2, 0.25) is 0 Å². The van der Waals surface area contributed by atoms with Gasteiger partial charge >= 0.3 is 0 Å². The monoisotopic (exact) mass is 254 g/mol. The van der Waals surface area contributed by atoms with Gasteiger partial charge in [-0.2, -0.15) is 0 Å². The summed E-state index contributed by atoms with van der Waals surface area (Å²) in [5.41, 5.74) is 6.76. The van der Waals surface area contributed by atoms with E-state index >= 15 is 0 Å². The number of hydrogen-bond acceptors (Lipinski definition) is 2. The fourth-order valence-corrected chi connectivity index (χ4v) is 3.32. The molecular formula is C14H26N2S. The van der Waals surface area contributed by atoms with Gasteiger partial charge in [-0.3, -0.25) is 0 Å². The minimum Gasteiger partial charge on any atom is -0.393 e. The molecule has 0 unspecified atom stereocenters. The Morgan fingerprint density at radius 1 is 1.24 bits per heavy atom. The standard InChI is InChI=1S/C14H26N2S/c1-3-13(2)6-8-16(9-7-13)11-14(4-5-14)10-12(15)17/h3-11H2,1-2H3,(H2,15,17). The van der Waals surface area contributed by atoms with Crippen LogP contribution in [0.25, 0.3) is 0 Å². The van der Waals surface area contributed by atoms with Crippen LogP contribution in [0.15, 0.2) is 0 Å². The van der Waals surface area contributed by atoms with Crippen LogP contribution >= 0.6 is 12.2 Å². The summed E-state index contributed by atoms with van der Waals surface area (Å²) in [4.78, 5) is 3.35. The highest BCUT2D eigenvalue weighted by molar-refractivity contribution is 7.80.